The van der Waals surface area contributed by atoms with Crippen molar-refractivity contribution in [1.82, 2.24) is 4.98 Å². The molecular weight excluding hydrogens is 228 g/mol. The molecule has 2 rings (SSSR count). The fourth-order valence-corrected chi connectivity index (χ4v) is 1.58. The number of nitrogen functional groups attached to an aromatic ring is 1. The van der Waals surface area contributed by atoms with Crippen LogP contribution in [0.2, 0.25) is 0 Å². The minimum Gasteiger partial charge on any atom is -0.322 e. The van der Waals surface area contributed by atoms with Crippen molar-refractivity contribution in [2.75, 3.05) is 10.7 Å². The van der Waals surface area contributed by atoms with E-state index in [4.69, 9.17) is 5.84 Å². The van der Waals surface area contributed by atoms with Crippen molar-refractivity contribution in [3.05, 3.63) is 53.7 Å². The third-order valence-corrected chi connectivity index (χ3v) is 2.45. The van der Waals surface area contributed by atoms with Gasteiger partial charge in [0.2, 0.25) is 0 Å². The maximum absolute atomic E-state index is 12.0. The summed E-state index contributed by atoms with van der Waals surface area (Å²) in [5.41, 5.74) is 4.76. The quantitative estimate of drug-likeness (QED) is 0.567. The first-order chi connectivity index (χ1) is 8.69. The number of anilines is 2. The molecule has 1 amide bonds. The van der Waals surface area contributed by atoms with Gasteiger partial charge in [-0.1, -0.05) is 12.1 Å². The van der Waals surface area contributed by atoms with Crippen molar-refractivity contribution in [3.63, 3.8) is 0 Å². The number of carbonyl (C=O) groups is 1. The topological polar surface area (TPSA) is 80.0 Å². The number of pyridine rings is 1. The standard InChI is InChI=1S/C13H14N4O/c1-9-3-2-4-11(7-9)16-13(18)10-5-6-15-12(8-10)17-14/h2-8H,14H2,1H3,(H,15,17)(H,16,18). The molecule has 1 aromatic heterocycles. The molecule has 0 saturated carbocycles. The lowest BCUT2D eigenvalue weighted by atomic mass is 10.2. The molecule has 0 spiro atoms. The number of carbonyl (C=O) groups excluding carboxylic acids is 1. The molecule has 1 aromatic carbocycles. The molecule has 5 heteroatoms. The SMILES string of the molecule is Cc1cccc(NC(=O)c2ccnc(NN)c2)c1. The van der Waals surface area contributed by atoms with Crippen LogP contribution in [-0.4, -0.2) is 10.9 Å². The number of aromatic nitrogens is 1. The molecular formula is C13H14N4O. The molecule has 0 radical (unpaired) electrons. The lowest BCUT2D eigenvalue weighted by Gasteiger charge is -2.07. The highest BCUT2D eigenvalue weighted by molar-refractivity contribution is 6.04. The van der Waals surface area contributed by atoms with E-state index in [1.54, 1.807) is 12.1 Å². The molecule has 0 saturated heterocycles. The summed E-state index contributed by atoms with van der Waals surface area (Å²) in [6.45, 7) is 1.97. The number of benzene rings is 1. The minimum atomic E-state index is -0.195. The largest absolute Gasteiger partial charge is 0.322 e. The van der Waals surface area contributed by atoms with Gasteiger partial charge in [-0.2, -0.15) is 0 Å². The summed E-state index contributed by atoms with van der Waals surface area (Å²) in [4.78, 5) is 15.9. The molecule has 5 nitrogen and oxygen atoms in total. The van der Waals surface area contributed by atoms with Gasteiger partial charge >= 0.3 is 0 Å². The van der Waals surface area contributed by atoms with Gasteiger partial charge in [-0.3, -0.25) is 4.79 Å². The molecule has 18 heavy (non-hydrogen) atoms. The Bertz CT molecular complexity index is 568. The molecule has 4 N–H and O–H groups in total. The molecule has 0 atom stereocenters. The molecule has 0 aliphatic heterocycles. The van der Waals surface area contributed by atoms with Crippen LogP contribution in [0, 0.1) is 6.92 Å². The van der Waals surface area contributed by atoms with Gasteiger partial charge in [-0.05, 0) is 36.8 Å². The summed E-state index contributed by atoms with van der Waals surface area (Å²) in [6.07, 6.45) is 1.53. The number of hydrazine groups is 1. The summed E-state index contributed by atoms with van der Waals surface area (Å²) in [7, 11) is 0. The third-order valence-electron chi connectivity index (χ3n) is 2.45. The van der Waals surface area contributed by atoms with Crippen molar-refractivity contribution in [1.29, 1.82) is 0 Å². The van der Waals surface area contributed by atoms with Crippen molar-refractivity contribution < 1.29 is 4.79 Å². The summed E-state index contributed by atoms with van der Waals surface area (Å²) in [5, 5.41) is 2.82. The van der Waals surface area contributed by atoms with Crippen LogP contribution < -0.4 is 16.6 Å². The Morgan fingerprint density at radius 3 is 2.83 bits per heavy atom. The van der Waals surface area contributed by atoms with Gasteiger partial charge < -0.3 is 10.7 Å². The summed E-state index contributed by atoms with van der Waals surface area (Å²) in [5.74, 6) is 5.50. The lowest BCUT2D eigenvalue weighted by Crippen LogP contribution is -2.14. The van der Waals surface area contributed by atoms with E-state index in [1.807, 2.05) is 31.2 Å². The first-order valence-corrected chi connectivity index (χ1v) is 5.50. The van der Waals surface area contributed by atoms with Crippen molar-refractivity contribution >= 4 is 17.4 Å². The van der Waals surface area contributed by atoms with Crippen LogP contribution >= 0.6 is 0 Å². The second kappa shape index (κ2) is 5.29. The number of aryl methyl sites for hydroxylation is 1. The predicted octanol–water partition coefficient (Wildman–Crippen LogP) is 1.93. The average molecular weight is 242 g/mol. The Morgan fingerprint density at radius 2 is 2.11 bits per heavy atom. The van der Waals surface area contributed by atoms with E-state index >= 15 is 0 Å². The fourth-order valence-electron chi connectivity index (χ4n) is 1.58. The van der Waals surface area contributed by atoms with Gasteiger partial charge in [-0.15, -0.1) is 0 Å². The fraction of sp³-hybridized carbons (Fsp3) is 0.0769. The lowest BCUT2D eigenvalue weighted by molar-refractivity contribution is 0.102. The highest BCUT2D eigenvalue weighted by Gasteiger charge is 2.07. The highest BCUT2D eigenvalue weighted by atomic mass is 16.1. The molecule has 0 bridgehead atoms. The van der Waals surface area contributed by atoms with Gasteiger partial charge in [0.05, 0.1) is 0 Å². The molecule has 0 unspecified atom stereocenters. The van der Waals surface area contributed by atoms with E-state index in [-0.39, 0.29) is 5.91 Å². The van der Waals surface area contributed by atoms with Crippen LogP contribution in [0.25, 0.3) is 0 Å². The Balaban J connectivity index is 2.16. The van der Waals surface area contributed by atoms with Crippen molar-refractivity contribution in [3.8, 4) is 0 Å². The first-order valence-electron chi connectivity index (χ1n) is 5.50. The second-order valence-electron chi connectivity index (χ2n) is 3.90. The number of nitrogens with one attached hydrogen (secondary N) is 2. The van der Waals surface area contributed by atoms with Crippen LogP contribution in [0.4, 0.5) is 11.5 Å². The number of amides is 1. The van der Waals surface area contributed by atoms with E-state index < -0.39 is 0 Å². The maximum Gasteiger partial charge on any atom is 0.255 e. The van der Waals surface area contributed by atoms with Gasteiger partial charge in [0.1, 0.15) is 5.82 Å². The Kier molecular flexibility index (Phi) is 3.54. The number of hydrogen-bond donors (Lipinski definition) is 3. The highest BCUT2D eigenvalue weighted by Crippen LogP contribution is 2.12. The maximum atomic E-state index is 12.0. The zero-order chi connectivity index (χ0) is 13.0. The Morgan fingerprint density at radius 1 is 1.28 bits per heavy atom. The van der Waals surface area contributed by atoms with Crippen molar-refractivity contribution in [2.45, 2.75) is 6.92 Å². The van der Waals surface area contributed by atoms with Crippen LogP contribution in [0.3, 0.4) is 0 Å². The smallest absolute Gasteiger partial charge is 0.255 e. The predicted molar refractivity (Wildman–Crippen MR) is 71.2 cm³/mol. The Hall–Kier alpha value is -2.40. The Labute approximate surface area is 105 Å². The zero-order valence-electron chi connectivity index (χ0n) is 9.97. The van der Waals surface area contributed by atoms with Crippen LogP contribution in [0.1, 0.15) is 15.9 Å². The van der Waals surface area contributed by atoms with Gasteiger partial charge in [0.15, 0.2) is 0 Å². The van der Waals surface area contributed by atoms with E-state index in [2.05, 4.69) is 15.7 Å². The van der Waals surface area contributed by atoms with Gasteiger partial charge in [-0.25, -0.2) is 10.8 Å². The van der Waals surface area contributed by atoms with Crippen LogP contribution in [-0.2, 0) is 0 Å². The molecule has 1 heterocycles. The number of hydrogen-bond acceptors (Lipinski definition) is 4. The van der Waals surface area contributed by atoms with Gasteiger partial charge in [0.25, 0.3) is 5.91 Å². The van der Waals surface area contributed by atoms with Gasteiger partial charge in [0, 0.05) is 17.4 Å². The average Bonchev–Trinajstić information content (AvgIpc) is 2.39. The number of nitrogens with two attached hydrogens (primary N) is 1. The summed E-state index contributed by atoms with van der Waals surface area (Å²) in [6, 6.07) is 10.8. The zero-order valence-corrected chi connectivity index (χ0v) is 9.97. The molecule has 92 valence electrons. The third kappa shape index (κ3) is 2.83. The molecule has 0 aliphatic carbocycles. The van der Waals surface area contributed by atoms with E-state index in [9.17, 15) is 4.79 Å². The first kappa shape index (κ1) is 12.1. The van der Waals surface area contributed by atoms with Crippen LogP contribution in [0.5, 0.6) is 0 Å². The normalized spacial score (nSPS) is 9.89. The summed E-state index contributed by atoms with van der Waals surface area (Å²) >= 11 is 0. The number of rotatable bonds is 3. The van der Waals surface area contributed by atoms with E-state index in [1.165, 1.54) is 6.20 Å². The molecule has 0 fully saturated rings. The number of nitrogens with zero attached hydrogens (tertiary/aromatic N) is 1. The van der Waals surface area contributed by atoms with E-state index in [0.29, 0.717) is 11.4 Å². The summed E-state index contributed by atoms with van der Waals surface area (Å²) < 4.78 is 0. The van der Waals surface area contributed by atoms with E-state index in [0.717, 1.165) is 11.3 Å². The van der Waals surface area contributed by atoms with Crippen molar-refractivity contribution in [2.24, 2.45) is 5.84 Å². The van der Waals surface area contributed by atoms with Crippen LogP contribution in [0.15, 0.2) is 42.6 Å². The molecule has 2 aromatic rings. The molecule has 0 aliphatic rings. The minimum absolute atomic E-state index is 0.195. The second-order valence-corrected chi connectivity index (χ2v) is 3.90. The monoisotopic (exact) mass is 242 g/mol.